The zero-order chi connectivity index (χ0) is 16.1. The minimum atomic E-state index is -0.965. The molecule has 0 amide bonds. The number of halogens is 1. The maximum atomic E-state index is 13.0. The molecule has 4 nitrogen and oxygen atoms in total. The molecule has 2 aromatic carbocycles. The lowest BCUT2D eigenvalue weighted by Crippen LogP contribution is -2.15. The van der Waals surface area contributed by atoms with Crippen LogP contribution in [0.1, 0.15) is 17.0 Å². The van der Waals surface area contributed by atoms with E-state index in [1.165, 1.54) is 26.4 Å². The van der Waals surface area contributed by atoms with Gasteiger partial charge in [0.05, 0.1) is 20.1 Å². The Balaban J connectivity index is 2.35. The highest BCUT2D eigenvalue weighted by atomic mass is 19.1. The van der Waals surface area contributed by atoms with E-state index in [1.807, 2.05) is 0 Å². The second-order valence-corrected chi connectivity index (χ2v) is 4.83. The van der Waals surface area contributed by atoms with Gasteiger partial charge < -0.3 is 14.6 Å². The number of benzene rings is 2. The summed E-state index contributed by atoms with van der Waals surface area (Å²) >= 11 is 0. The smallest absolute Gasteiger partial charge is 0.311 e. The highest BCUT2D eigenvalue weighted by Crippen LogP contribution is 2.32. The van der Waals surface area contributed by atoms with E-state index in [0.29, 0.717) is 17.1 Å². The first-order chi connectivity index (χ1) is 10.5. The van der Waals surface area contributed by atoms with Gasteiger partial charge in [0.25, 0.3) is 0 Å². The fourth-order valence-corrected chi connectivity index (χ4v) is 2.29. The van der Waals surface area contributed by atoms with Crippen molar-refractivity contribution in [2.75, 3.05) is 14.2 Å². The summed E-state index contributed by atoms with van der Waals surface area (Å²) < 4.78 is 23.3. The molecule has 0 bridgehead atoms. The predicted octanol–water partition coefficient (Wildman–Crippen LogP) is 3.25. The minimum absolute atomic E-state index is 0.248. The van der Waals surface area contributed by atoms with Crippen LogP contribution in [0.2, 0.25) is 0 Å². The summed E-state index contributed by atoms with van der Waals surface area (Å²) in [6.07, 6.45) is 0.248. The largest absolute Gasteiger partial charge is 0.497 e. The van der Waals surface area contributed by atoms with Crippen molar-refractivity contribution in [1.29, 1.82) is 0 Å². The first-order valence-electron chi connectivity index (χ1n) is 6.74. The molecule has 0 aromatic heterocycles. The Labute approximate surface area is 128 Å². The molecule has 1 unspecified atom stereocenters. The molecule has 2 rings (SSSR count). The molecule has 0 saturated heterocycles. The topological polar surface area (TPSA) is 55.8 Å². The van der Waals surface area contributed by atoms with Crippen LogP contribution in [0.4, 0.5) is 4.39 Å². The van der Waals surface area contributed by atoms with Gasteiger partial charge in [-0.25, -0.2) is 4.39 Å². The van der Waals surface area contributed by atoms with Gasteiger partial charge in [-0.05, 0) is 30.2 Å². The van der Waals surface area contributed by atoms with E-state index >= 15 is 0 Å². The highest BCUT2D eigenvalue weighted by Gasteiger charge is 2.24. The molecule has 0 aliphatic rings. The van der Waals surface area contributed by atoms with E-state index in [9.17, 15) is 14.3 Å². The average molecular weight is 304 g/mol. The van der Waals surface area contributed by atoms with Gasteiger partial charge in [-0.15, -0.1) is 0 Å². The van der Waals surface area contributed by atoms with E-state index in [1.54, 1.807) is 30.3 Å². The standard InChI is InChI=1S/C17H17FO4/c1-21-13-7-8-14(16(10-13)22-2)15(17(19)20)9-11-3-5-12(18)6-4-11/h3-8,10,15H,9H2,1-2H3,(H,19,20). The molecular formula is C17H17FO4. The molecule has 1 N–H and O–H groups in total. The van der Waals surface area contributed by atoms with E-state index < -0.39 is 11.9 Å². The molecule has 0 heterocycles. The predicted molar refractivity (Wildman–Crippen MR) is 80.0 cm³/mol. The van der Waals surface area contributed by atoms with Gasteiger partial charge in [-0.3, -0.25) is 4.79 Å². The first-order valence-corrected chi connectivity index (χ1v) is 6.74. The number of hydrogen-bond acceptors (Lipinski definition) is 3. The van der Waals surface area contributed by atoms with Crippen molar-refractivity contribution in [2.45, 2.75) is 12.3 Å². The molecule has 5 heteroatoms. The SMILES string of the molecule is COc1ccc(C(Cc2ccc(F)cc2)C(=O)O)c(OC)c1. The van der Waals surface area contributed by atoms with E-state index in [-0.39, 0.29) is 12.2 Å². The Kier molecular flexibility index (Phi) is 4.99. The van der Waals surface area contributed by atoms with Crippen molar-refractivity contribution in [2.24, 2.45) is 0 Å². The number of ether oxygens (including phenoxy) is 2. The summed E-state index contributed by atoms with van der Waals surface area (Å²) in [5.41, 5.74) is 1.30. The Hall–Kier alpha value is -2.56. The van der Waals surface area contributed by atoms with Crippen molar-refractivity contribution in [3.05, 3.63) is 59.4 Å². The molecule has 22 heavy (non-hydrogen) atoms. The molecule has 0 fully saturated rings. The number of carboxylic acids is 1. The van der Waals surface area contributed by atoms with Crippen molar-refractivity contribution in [3.63, 3.8) is 0 Å². The van der Waals surface area contributed by atoms with Crippen molar-refractivity contribution in [3.8, 4) is 11.5 Å². The van der Waals surface area contributed by atoms with E-state index in [0.717, 1.165) is 5.56 Å². The van der Waals surface area contributed by atoms with E-state index in [2.05, 4.69) is 0 Å². The van der Waals surface area contributed by atoms with Gasteiger partial charge in [-0.1, -0.05) is 18.2 Å². The van der Waals surface area contributed by atoms with Gasteiger partial charge in [0.15, 0.2) is 0 Å². The van der Waals surface area contributed by atoms with E-state index in [4.69, 9.17) is 9.47 Å². The van der Waals surface area contributed by atoms with Gasteiger partial charge in [-0.2, -0.15) is 0 Å². The molecule has 0 saturated carbocycles. The van der Waals surface area contributed by atoms with Crippen molar-refractivity contribution >= 4 is 5.97 Å². The fourth-order valence-electron chi connectivity index (χ4n) is 2.29. The number of carboxylic acid groups (broad SMARTS) is 1. The number of carbonyl (C=O) groups is 1. The number of methoxy groups -OCH3 is 2. The molecular weight excluding hydrogens is 287 g/mol. The molecule has 1 atom stereocenters. The summed E-state index contributed by atoms with van der Waals surface area (Å²) in [6, 6.07) is 10.8. The van der Waals surface area contributed by atoms with Gasteiger partial charge in [0.1, 0.15) is 17.3 Å². The summed E-state index contributed by atoms with van der Waals surface area (Å²) in [6.45, 7) is 0. The normalized spacial score (nSPS) is 11.8. The average Bonchev–Trinajstić information content (AvgIpc) is 2.53. The maximum absolute atomic E-state index is 13.0. The second kappa shape index (κ2) is 6.93. The van der Waals surface area contributed by atoms with Crippen LogP contribution in [0.25, 0.3) is 0 Å². The monoisotopic (exact) mass is 304 g/mol. The summed E-state index contributed by atoms with van der Waals surface area (Å²) in [5.74, 6) is -1.06. The molecule has 0 spiro atoms. The third-order valence-corrected chi connectivity index (χ3v) is 3.47. The molecule has 0 aliphatic carbocycles. The Morgan fingerprint density at radius 1 is 1.14 bits per heavy atom. The Morgan fingerprint density at radius 2 is 1.82 bits per heavy atom. The lowest BCUT2D eigenvalue weighted by Gasteiger charge is -2.17. The minimum Gasteiger partial charge on any atom is -0.497 e. The number of aliphatic carboxylic acids is 1. The molecule has 0 radical (unpaired) electrons. The quantitative estimate of drug-likeness (QED) is 0.890. The zero-order valence-corrected chi connectivity index (χ0v) is 12.4. The van der Waals surface area contributed by atoms with Crippen LogP contribution in [-0.4, -0.2) is 25.3 Å². The van der Waals surface area contributed by atoms with Crippen LogP contribution in [0, 0.1) is 5.82 Å². The van der Waals surface area contributed by atoms with Gasteiger partial charge >= 0.3 is 5.97 Å². The molecule has 116 valence electrons. The zero-order valence-electron chi connectivity index (χ0n) is 12.4. The summed E-state index contributed by atoms with van der Waals surface area (Å²) in [4.78, 5) is 11.6. The fraction of sp³-hybridized carbons (Fsp3) is 0.235. The molecule has 0 aliphatic heterocycles. The van der Waals surface area contributed by atoms with Crippen LogP contribution >= 0.6 is 0 Å². The Bertz CT molecular complexity index is 652. The third kappa shape index (κ3) is 3.55. The van der Waals surface area contributed by atoms with Crippen LogP contribution in [0.15, 0.2) is 42.5 Å². The Morgan fingerprint density at radius 3 is 2.36 bits per heavy atom. The highest BCUT2D eigenvalue weighted by molar-refractivity contribution is 5.78. The van der Waals surface area contributed by atoms with Crippen LogP contribution in [0.3, 0.4) is 0 Å². The summed E-state index contributed by atoms with van der Waals surface area (Å²) in [7, 11) is 3.01. The van der Waals surface area contributed by atoms with Crippen LogP contribution < -0.4 is 9.47 Å². The van der Waals surface area contributed by atoms with Crippen molar-refractivity contribution < 1.29 is 23.8 Å². The summed E-state index contributed by atoms with van der Waals surface area (Å²) in [5, 5.41) is 9.53. The van der Waals surface area contributed by atoms with Gasteiger partial charge in [0.2, 0.25) is 0 Å². The lowest BCUT2D eigenvalue weighted by atomic mass is 9.91. The number of hydrogen-bond donors (Lipinski definition) is 1. The third-order valence-electron chi connectivity index (χ3n) is 3.47. The number of rotatable bonds is 6. The maximum Gasteiger partial charge on any atom is 0.311 e. The molecule has 2 aromatic rings. The van der Waals surface area contributed by atoms with Crippen LogP contribution in [-0.2, 0) is 11.2 Å². The lowest BCUT2D eigenvalue weighted by molar-refractivity contribution is -0.138. The first kappa shape index (κ1) is 15.8. The second-order valence-electron chi connectivity index (χ2n) is 4.83. The van der Waals surface area contributed by atoms with Crippen molar-refractivity contribution in [1.82, 2.24) is 0 Å². The van der Waals surface area contributed by atoms with Crippen LogP contribution in [0.5, 0.6) is 11.5 Å². The van der Waals surface area contributed by atoms with Gasteiger partial charge in [0, 0.05) is 11.6 Å².